The van der Waals surface area contributed by atoms with Crippen LogP contribution in [0.3, 0.4) is 0 Å². The lowest BCUT2D eigenvalue weighted by atomic mass is 10.3. The summed E-state index contributed by atoms with van der Waals surface area (Å²) in [5.74, 6) is 2.69. The van der Waals surface area contributed by atoms with Gasteiger partial charge in [-0.05, 0) is 25.8 Å². The summed E-state index contributed by atoms with van der Waals surface area (Å²) in [6.45, 7) is 3.69. The first kappa shape index (κ1) is 14.6. The van der Waals surface area contributed by atoms with E-state index >= 15 is 0 Å². The zero-order chi connectivity index (χ0) is 15.4. The van der Waals surface area contributed by atoms with Crippen LogP contribution in [0.25, 0.3) is 5.69 Å². The lowest BCUT2D eigenvalue weighted by molar-refractivity contribution is -0.143. The summed E-state index contributed by atoms with van der Waals surface area (Å²) in [6, 6.07) is 3.14. The van der Waals surface area contributed by atoms with Gasteiger partial charge in [0.05, 0.1) is 12.3 Å². The molecule has 0 aliphatic carbocycles. The van der Waals surface area contributed by atoms with Crippen LogP contribution in [0, 0.1) is 19.3 Å². The fraction of sp³-hybridized carbons (Fsp3) is 0.267. The highest BCUT2D eigenvalue weighted by atomic mass is 16.5. The van der Waals surface area contributed by atoms with Crippen molar-refractivity contribution in [1.29, 1.82) is 0 Å². The highest BCUT2D eigenvalue weighted by Gasteiger charge is 2.08. The van der Waals surface area contributed by atoms with E-state index in [1.165, 1.54) is 10.6 Å². The molecule has 0 fully saturated rings. The van der Waals surface area contributed by atoms with Crippen LogP contribution in [0.2, 0.25) is 0 Å². The number of aryl methyl sites for hydroxylation is 1. The van der Waals surface area contributed by atoms with Crippen LogP contribution in [-0.4, -0.2) is 26.7 Å². The van der Waals surface area contributed by atoms with E-state index in [0.717, 1.165) is 0 Å². The average Bonchev–Trinajstić information content (AvgIpc) is 2.82. The van der Waals surface area contributed by atoms with Crippen LogP contribution in [0.15, 0.2) is 29.3 Å². The summed E-state index contributed by atoms with van der Waals surface area (Å²) in [5.41, 5.74) is 0.853. The molecule has 2 rings (SSSR count). The average molecular weight is 285 g/mol. The van der Waals surface area contributed by atoms with Crippen molar-refractivity contribution >= 4 is 5.97 Å². The van der Waals surface area contributed by atoms with Gasteiger partial charge in [0.25, 0.3) is 5.56 Å². The van der Waals surface area contributed by atoms with E-state index in [1.54, 1.807) is 36.9 Å². The Labute approximate surface area is 122 Å². The number of carbonyl (C=O) groups is 1. The molecular formula is C15H15N3O3. The molecule has 0 radical (unpaired) electrons. The normalized spacial score (nSPS) is 10.1. The minimum atomic E-state index is -0.444. The number of rotatable bonds is 4. The maximum absolute atomic E-state index is 12.0. The number of terminal acetylenes is 1. The Morgan fingerprint density at radius 1 is 1.52 bits per heavy atom. The molecule has 0 aliphatic rings. The number of hydrogen-bond donors (Lipinski definition) is 0. The van der Waals surface area contributed by atoms with Gasteiger partial charge in [-0.1, -0.05) is 0 Å². The molecule has 0 spiro atoms. The second-order valence-electron chi connectivity index (χ2n) is 4.34. The van der Waals surface area contributed by atoms with E-state index in [9.17, 15) is 9.59 Å². The van der Waals surface area contributed by atoms with E-state index in [2.05, 4.69) is 10.9 Å². The summed E-state index contributed by atoms with van der Waals surface area (Å²) >= 11 is 0. The number of ether oxygens (including phenoxy) is 1. The third-order valence-electron chi connectivity index (χ3n) is 2.89. The summed E-state index contributed by atoms with van der Waals surface area (Å²) in [6.07, 6.45) is 8.53. The highest BCUT2D eigenvalue weighted by Crippen LogP contribution is 2.10. The van der Waals surface area contributed by atoms with E-state index in [4.69, 9.17) is 11.2 Å². The van der Waals surface area contributed by atoms with E-state index in [-0.39, 0.29) is 18.7 Å². The summed E-state index contributed by atoms with van der Waals surface area (Å²) in [7, 11) is 0. The molecule has 0 N–H and O–H groups in total. The Bertz CT molecular complexity index is 765. The quantitative estimate of drug-likeness (QED) is 0.618. The molecule has 6 heteroatoms. The molecule has 0 bridgehead atoms. The van der Waals surface area contributed by atoms with Gasteiger partial charge in [-0.2, -0.15) is 0 Å². The molecule has 0 saturated heterocycles. The molecule has 0 saturated carbocycles. The van der Waals surface area contributed by atoms with Gasteiger partial charge in [-0.3, -0.25) is 9.59 Å². The zero-order valence-electron chi connectivity index (χ0n) is 11.9. The molecule has 2 aromatic heterocycles. The van der Waals surface area contributed by atoms with Gasteiger partial charge in [0.1, 0.15) is 18.1 Å². The van der Waals surface area contributed by atoms with Crippen LogP contribution in [0.5, 0.6) is 0 Å². The fourth-order valence-electron chi connectivity index (χ4n) is 1.93. The molecule has 108 valence electrons. The van der Waals surface area contributed by atoms with Gasteiger partial charge in [0.2, 0.25) is 0 Å². The van der Waals surface area contributed by atoms with Crippen LogP contribution in [0.1, 0.15) is 18.4 Å². The second kappa shape index (κ2) is 6.09. The second-order valence-corrected chi connectivity index (χ2v) is 4.34. The first-order chi connectivity index (χ1) is 10.0. The molecule has 21 heavy (non-hydrogen) atoms. The standard InChI is InChI=1S/C15H15N3O3/c1-4-12-9-18(11(3)16-12)13-6-7-17(14(19)8-13)10-15(20)21-5-2/h1,6-9H,5,10H2,2-3H3. The molecule has 0 aromatic carbocycles. The number of esters is 1. The maximum Gasteiger partial charge on any atom is 0.326 e. The van der Waals surface area contributed by atoms with Gasteiger partial charge in [-0.15, -0.1) is 6.42 Å². The number of pyridine rings is 1. The van der Waals surface area contributed by atoms with Crippen molar-refractivity contribution < 1.29 is 9.53 Å². The van der Waals surface area contributed by atoms with Gasteiger partial charge < -0.3 is 13.9 Å². The summed E-state index contributed by atoms with van der Waals surface area (Å²) in [5, 5.41) is 0. The van der Waals surface area contributed by atoms with Crippen LogP contribution >= 0.6 is 0 Å². The fourth-order valence-corrected chi connectivity index (χ4v) is 1.93. The molecule has 2 aromatic rings. The smallest absolute Gasteiger partial charge is 0.326 e. The van der Waals surface area contributed by atoms with E-state index < -0.39 is 5.97 Å². The van der Waals surface area contributed by atoms with Crippen molar-refractivity contribution in [2.75, 3.05) is 6.61 Å². The van der Waals surface area contributed by atoms with Gasteiger partial charge in [-0.25, -0.2) is 4.98 Å². The van der Waals surface area contributed by atoms with E-state index in [0.29, 0.717) is 17.2 Å². The maximum atomic E-state index is 12.0. The third kappa shape index (κ3) is 3.20. The minimum absolute atomic E-state index is 0.106. The van der Waals surface area contributed by atoms with Crippen molar-refractivity contribution in [2.45, 2.75) is 20.4 Å². The lowest BCUT2D eigenvalue weighted by Gasteiger charge is -2.08. The van der Waals surface area contributed by atoms with Gasteiger partial charge >= 0.3 is 5.97 Å². The van der Waals surface area contributed by atoms with Crippen molar-refractivity contribution in [1.82, 2.24) is 14.1 Å². The molecule has 2 heterocycles. The molecule has 0 aliphatic heterocycles. The van der Waals surface area contributed by atoms with Crippen molar-refractivity contribution in [2.24, 2.45) is 0 Å². The first-order valence-corrected chi connectivity index (χ1v) is 6.44. The Kier molecular flexibility index (Phi) is 4.24. The number of aromatic nitrogens is 3. The predicted molar refractivity (Wildman–Crippen MR) is 77.1 cm³/mol. The highest BCUT2D eigenvalue weighted by molar-refractivity contribution is 5.69. The SMILES string of the molecule is C#Cc1cn(-c2ccn(CC(=O)OCC)c(=O)c2)c(C)n1. The number of imidazole rings is 1. The van der Waals surface area contributed by atoms with Gasteiger partial charge in [0.15, 0.2) is 0 Å². The molecule has 0 unspecified atom stereocenters. The topological polar surface area (TPSA) is 66.1 Å². The minimum Gasteiger partial charge on any atom is -0.465 e. The van der Waals surface area contributed by atoms with Crippen LogP contribution < -0.4 is 5.56 Å². The number of nitrogens with zero attached hydrogens (tertiary/aromatic N) is 3. The van der Waals surface area contributed by atoms with Crippen LogP contribution in [-0.2, 0) is 16.1 Å². The first-order valence-electron chi connectivity index (χ1n) is 6.44. The molecule has 0 atom stereocenters. The Balaban J connectivity index is 2.31. The molecule has 6 nitrogen and oxygen atoms in total. The van der Waals surface area contributed by atoms with Crippen molar-refractivity contribution in [3.63, 3.8) is 0 Å². The summed E-state index contributed by atoms with van der Waals surface area (Å²) < 4.78 is 7.83. The Morgan fingerprint density at radius 3 is 2.86 bits per heavy atom. The van der Waals surface area contributed by atoms with Gasteiger partial charge in [0, 0.05) is 18.5 Å². The number of hydrogen-bond acceptors (Lipinski definition) is 4. The van der Waals surface area contributed by atoms with Crippen molar-refractivity contribution in [3.05, 3.63) is 46.4 Å². The monoisotopic (exact) mass is 285 g/mol. The predicted octanol–water partition coefficient (Wildman–Crippen LogP) is 0.887. The largest absolute Gasteiger partial charge is 0.465 e. The zero-order valence-corrected chi connectivity index (χ0v) is 11.9. The number of carbonyl (C=O) groups excluding carboxylic acids is 1. The Hall–Kier alpha value is -2.81. The third-order valence-corrected chi connectivity index (χ3v) is 2.89. The van der Waals surface area contributed by atoms with Crippen LogP contribution in [0.4, 0.5) is 0 Å². The van der Waals surface area contributed by atoms with Crippen molar-refractivity contribution in [3.8, 4) is 18.0 Å². The molecule has 0 amide bonds. The van der Waals surface area contributed by atoms with E-state index in [1.807, 2.05) is 0 Å². The molecular weight excluding hydrogens is 270 g/mol. The Morgan fingerprint density at radius 2 is 2.29 bits per heavy atom. The lowest BCUT2D eigenvalue weighted by Crippen LogP contribution is -2.24. The summed E-state index contributed by atoms with van der Waals surface area (Å²) in [4.78, 5) is 27.6.